The van der Waals surface area contributed by atoms with Crippen molar-refractivity contribution in [3.05, 3.63) is 95.2 Å². The number of benzene rings is 2. The predicted octanol–water partition coefficient (Wildman–Crippen LogP) is 3.72. The number of hydrogen-bond acceptors (Lipinski definition) is 5. The van der Waals surface area contributed by atoms with Crippen LogP contribution in [0.25, 0.3) is 5.76 Å². The van der Waals surface area contributed by atoms with Crippen molar-refractivity contribution in [3.63, 3.8) is 0 Å². The Morgan fingerprint density at radius 1 is 0.966 bits per heavy atom. The van der Waals surface area contributed by atoms with Crippen molar-refractivity contribution < 1.29 is 19.8 Å². The number of ketones is 1. The summed E-state index contributed by atoms with van der Waals surface area (Å²) in [5.41, 5.74) is 1.71. The zero-order valence-electron chi connectivity index (χ0n) is 15.6. The smallest absolute Gasteiger partial charge is 0.301 e. The summed E-state index contributed by atoms with van der Waals surface area (Å²) in [6.45, 7) is 1.80. The van der Waals surface area contributed by atoms with Gasteiger partial charge in [-0.05, 0) is 36.2 Å². The Bertz CT molecular complexity index is 1120. The van der Waals surface area contributed by atoms with Gasteiger partial charge in [0.1, 0.15) is 17.3 Å². The summed E-state index contributed by atoms with van der Waals surface area (Å²) < 4.78 is 0. The van der Waals surface area contributed by atoms with E-state index in [2.05, 4.69) is 4.98 Å². The summed E-state index contributed by atoms with van der Waals surface area (Å²) >= 11 is 0. The molecular weight excluding hydrogens is 368 g/mol. The molecule has 2 aromatic carbocycles. The van der Waals surface area contributed by atoms with Gasteiger partial charge in [0, 0.05) is 11.8 Å². The highest BCUT2D eigenvalue weighted by Crippen LogP contribution is 2.42. The number of pyridine rings is 1. The molecule has 0 bridgehead atoms. The Hall–Kier alpha value is -3.93. The average Bonchev–Trinajstić information content (AvgIpc) is 3.00. The number of aromatic nitrogens is 1. The highest BCUT2D eigenvalue weighted by molar-refractivity contribution is 6.51. The molecule has 0 spiro atoms. The Morgan fingerprint density at radius 3 is 2.31 bits per heavy atom. The van der Waals surface area contributed by atoms with Crippen molar-refractivity contribution in [2.24, 2.45) is 0 Å². The van der Waals surface area contributed by atoms with E-state index >= 15 is 0 Å². The Labute approximate surface area is 167 Å². The Balaban J connectivity index is 1.97. The second-order valence-corrected chi connectivity index (χ2v) is 6.77. The third-order valence-electron chi connectivity index (χ3n) is 4.91. The van der Waals surface area contributed by atoms with E-state index in [1.165, 1.54) is 17.0 Å². The fraction of sp³-hybridized carbons (Fsp3) is 0.0870. The lowest BCUT2D eigenvalue weighted by Crippen LogP contribution is -2.30. The van der Waals surface area contributed by atoms with Crippen LogP contribution in [0.2, 0.25) is 0 Å². The maximum Gasteiger partial charge on any atom is 0.301 e. The van der Waals surface area contributed by atoms with Crippen LogP contribution in [0.15, 0.2) is 78.5 Å². The first-order chi connectivity index (χ1) is 14.0. The highest BCUT2D eigenvalue weighted by Gasteiger charge is 2.47. The van der Waals surface area contributed by atoms with Gasteiger partial charge in [-0.1, -0.05) is 48.5 Å². The molecule has 2 N–H and O–H groups in total. The molecule has 1 fully saturated rings. The maximum atomic E-state index is 13.0. The molecule has 29 heavy (non-hydrogen) atoms. The van der Waals surface area contributed by atoms with Gasteiger partial charge < -0.3 is 10.2 Å². The third-order valence-corrected chi connectivity index (χ3v) is 4.91. The second kappa shape index (κ2) is 7.24. The quantitative estimate of drug-likeness (QED) is 0.407. The molecule has 1 aromatic heterocycles. The highest BCUT2D eigenvalue weighted by atomic mass is 16.3. The molecule has 144 valence electrons. The van der Waals surface area contributed by atoms with Crippen molar-refractivity contribution in [2.75, 3.05) is 4.90 Å². The fourth-order valence-electron chi connectivity index (χ4n) is 3.50. The van der Waals surface area contributed by atoms with Crippen LogP contribution in [0.5, 0.6) is 5.75 Å². The molecule has 2 heterocycles. The molecule has 1 amide bonds. The second-order valence-electron chi connectivity index (χ2n) is 6.77. The molecule has 1 aliphatic rings. The lowest BCUT2D eigenvalue weighted by atomic mass is 9.95. The van der Waals surface area contributed by atoms with Gasteiger partial charge in [-0.15, -0.1) is 0 Å². The molecule has 1 unspecified atom stereocenters. The molecular formula is C23H18N2O4. The molecule has 3 aromatic rings. The predicted molar refractivity (Wildman–Crippen MR) is 108 cm³/mol. The number of anilines is 1. The SMILES string of the molecule is Cc1cccnc1N1C(=O)C(=O)/C(=C(/O)c2ccccc2)C1c1ccc(O)cc1. The summed E-state index contributed by atoms with van der Waals surface area (Å²) in [5.74, 6) is -1.39. The van der Waals surface area contributed by atoms with E-state index in [9.17, 15) is 19.8 Å². The Kier molecular flexibility index (Phi) is 4.60. The third kappa shape index (κ3) is 3.14. The molecule has 1 saturated heterocycles. The number of nitrogens with zero attached hydrogens (tertiary/aromatic N) is 2. The number of carbonyl (C=O) groups excluding carboxylic acids is 2. The first-order valence-corrected chi connectivity index (χ1v) is 9.06. The molecule has 0 aliphatic carbocycles. The molecule has 1 atom stereocenters. The number of phenols is 1. The molecule has 0 radical (unpaired) electrons. The summed E-state index contributed by atoms with van der Waals surface area (Å²) in [6, 6.07) is 17.5. The van der Waals surface area contributed by atoms with Crippen LogP contribution >= 0.6 is 0 Å². The van der Waals surface area contributed by atoms with Gasteiger partial charge >= 0.3 is 5.91 Å². The van der Waals surface area contributed by atoms with Crippen LogP contribution in [0.4, 0.5) is 5.82 Å². The maximum absolute atomic E-state index is 13.0. The summed E-state index contributed by atoms with van der Waals surface area (Å²) in [7, 11) is 0. The summed E-state index contributed by atoms with van der Waals surface area (Å²) in [6.07, 6.45) is 1.55. The van der Waals surface area contributed by atoms with Crippen LogP contribution in [-0.2, 0) is 9.59 Å². The topological polar surface area (TPSA) is 90.7 Å². The van der Waals surface area contributed by atoms with Gasteiger partial charge in [-0.3, -0.25) is 14.5 Å². The molecule has 4 rings (SSSR count). The van der Waals surface area contributed by atoms with E-state index in [0.717, 1.165) is 5.56 Å². The molecule has 6 heteroatoms. The molecule has 0 saturated carbocycles. The number of amides is 1. The number of aryl methyl sites for hydroxylation is 1. The zero-order valence-corrected chi connectivity index (χ0v) is 15.6. The van der Waals surface area contributed by atoms with Crippen molar-refractivity contribution in [2.45, 2.75) is 13.0 Å². The number of rotatable bonds is 3. The first-order valence-electron chi connectivity index (χ1n) is 9.06. The van der Waals surface area contributed by atoms with Crippen molar-refractivity contribution in [1.82, 2.24) is 4.98 Å². The number of aliphatic hydroxyl groups excluding tert-OH is 1. The van der Waals surface area contributed by atoms with Gasteiger partial charge in [0.05, 0.1) is 11.6 Å². The van der Waals surface area contributed by atoms with Gasteiger partial charge in [0.2, 0.25) is 0 Å². The van der Waals surface area contributed by atoms with E-state index < -0.39 is 17.7 Å². The monoisotopic (exact) mass is 386 g/mol. The van der Waals surface area contributed by atoms with Gasteiger partial charge in [0.15, 0.2) is 0 Å². The van der Waals surface area contributed by atoms with Crippen LogP contribution < -0.4 is 4.90 Å². The number of phenolic OH excluding ortho intramolecular Hbond substituents is 1. The lowest BCUT2D eigenvalue weighted by Gasteiger charge is -2.25. The average molecular weight is 386 g/mol. The Morgan fingerprint density at radius 2 is 1.66 bits per heavy atom. The lowest BCUT2D eigenvalue weighted by molar-refractivity contribution is -0.132. The van der Waals surface area contributed by atoms with Crippen molar-refractivity contribution in [3.8, 4) is 5.75 Å². The normalized spacial score (nSPS) is 18.2. The van der Waals surface area contributed by atoms with Crippen molar-refractivity contribution >= 4 is 23.3 Å². The van der Waals surface area contributed by atoms with Gasteiger partial charge in [0.25, 0.3) is 5.78 Å². The van der Waals surface area contributed by atoms with Gasteiger partial charge in [-0.25, -0.2) is 4.98 Å². The summed E-state index contributed by atoms with van der Waals surface area (Å²) in [4.78, 5) is 31.6. The number of aliphatic hydroxyl groups is 1. The van der Waals surface area contributed by atoms with E-state index in [4.69, 9.17) is 0 Å². The van der Waals surface area contributed by atoms with E-state index in [0.29, 0.717) is 16.9 Å². The van der Waals surface area contributed by atoms with E-state index in [1.54, 1.807) is 67.7 Å². The van der Waals surface area contributed by atoms with Crippen LogP contribution in [0.1, 0.15) is 22.7 Å². The van der Waals surface area contributed by atoms with Crippen LogP contribution in [-0.4, -0.2) is 26.9 Å². The molecule has 1 aliphatic heterocycles. The number of Topliss-reactive ketones (excluding diaryl/α,β-unsaturated/α-hetero) is 1. The number of hydrogen-bond donors (Lipinski definition) is 2. The minimum absolute atomic E-state index is 0.0167. The molecule has 6 nitrogen and oxygen atoms in total. The largest absolute Gasteiger partial charge is 0.508 e. The number of carbonyl (C=O) groups is 2. The van der Waals surface area contributed by atoms with E-state index in [1.807, 2.05) is 0 Å². The van der Waals surface area contributed by atoms with Crippen molar-refractivity contribution in [1.29, 1.82) is 0 Å². The zero-order chi connectivity index (χ0) is 20.5. The fourth-order valence-corrected chi connectivity index (χ4v) is 3.50. The minimum atomic E-state index is -0.871. The number of aromatic hydroxyl groups is 1. The minimum Gasteiger partial charge on any atom is -0.508 e. The van der Waals surface area contributed by atoms with Crippen LogP contribution in [0.3, 0.4) is 0 Å². The first kappa shape index (κ1) is 18.4. The summed E-state index contributed by atoms with van der Waals surface area (Å²) in [5, 5.41) is 20.6. The van der Waals surface area contributed by atoms with Crippen LogP contribution in [0, 0.1) is 6.92 Å². The standard InChI is InChI=1S/C23H18N2O4/c1-14-6-5-13-24-22(14)25-19(15-9-11-17(26)12-10-15)18(21(28)23(25)29)20(27)16-7-3-2-4-8-16/h2-13,19,26-27H,1H3/b20-18+. The van der Waals surface area contributed by atoms with E-state index in [-0.39, 0.29) is 17.1 Å². The van der Waals surface area contributed by atoms with Gasteiger partial charge in [-0.2, -0.15) is 0 Å².